The predicted molar refractivity (Wildman–Crippen MR) is 155 cm³/mol. The number of hydrogen-bond donors (Lipinski definition) is 0. The summed E-state index contributed by atoms with van der Waals surface area (Å²) in [4.78, 5) is 12.4. The van der Waals surface area contributed by atoms with Crippen LogP contribution in [0.2, 0.25) is 0 Å². The van der Waals surface area contributed by atoms with Gasteiger partial charge in [0.25, 0.3) is 0 Å². The minimum Gasteiger partial charge on any atom is -0.431 e. The van der Waals surface area contributed by atoms with E-state index in [1.807, 2.05) is 30.3 Å². The van der Waals surface area contributed by atoms with Crippen LogP contribution >= 0.6 is 0 Å². The summed E-state index contributed by atoms with van der Waals surface area (Å²) in [6.07, 6.45) is 16.1. The molecule has 4 aliphatic rings. The van der Waals surface area contributed by atoms with Crippen molar-refractivity contribution in [2.24, 2.45) is 46.3 Å². The van der Waals surface area contributed by atoms with E-state index in [9.17, 15) is 4.79 Å². The van der Waals surface area contributed by atoms with Gasteiger partial charge in [0.15, 0.2) is 0 Å². The minimum absolute atomic E-state index is 0.0504. The topological polar surface area (TPSA) is 35.5 Å². The second-order valence-corrected chi connectivity index (χ2v) is 14.3. The van der Waals surface area contributed by atoms with Crippen LogP contribution in [0.5, 0.6) is 0 Å². The molecule has 5 rings (SSSR count). The molecular weight excluding hydrogens is 468 g/mol. The summed E-state index contributed by atoms with van der Waals surface area (Å²) < 4.78 is 11.2. The molecular formula is C35H52O3. The zero-order valence-electron chi connectivity index (χ0n) is 24.7. The van der Waals surface area contributed by atoms with Gasteiger partial charge in [-0.1, -0.05) is 95.9 Å². The first kappa shape index (κ1) is 27.8. The first-order valence-electron chi connectivity index (χ1n) is 15.8. The van der Waals surface area contributed by atoms with E-state index >= 15 is 0 Å². The molecule has 1 aromatic carbocycles. The summed E-state index contributed by atoms with van der Waals surface area (Å²) in [5.41, 5.74) is 3.36. The van der Waals surface area contributed by atoms with E-state index in [2.05, 4.69) is 40.7 Å². The van der Waals surface area contributed by atoms with E-state index in [0.717, 1.165) is 60.3 Å². The molecule has 0 unspecified atom stereocenters. The number of allylic oxidation sites excluding steroid dienone is 1. The molecule has 3 heteroatoms. The Morgan fingerprint density at radius 3 is 2.53 bits per heavy atom. The maximum Gasteiger partial charge on any atom is 0.508 e. The fraction of sp³-hybridized carbons (Fsp3) is 0.743. The van der Waals surface area contributed by atoms with E-state index in [4.69, 9.17) is 9.47 Å². The summed E-state index contributed by atoms with van der Waals surface area (Å²) in [5, 5.41) is 0. The zero-order valence-corrected chi connectivity index (χ0v) is 24.7. The van der Waals surface area contributed by atoms with Crippen LogP contribution in [-0.2, 0) is 16.1 Å². The van der Waals surface area contributed by atoms with Gasteiger partial charge in [-0.05, 0) is 96.8 Å². The van der Waals surface area contributed by atoms with Gasteiger partial charge in [-0.25, -0.2) is 4.79 Å². The summed E-state index contributed by atoms with van der Waals surface area (Å²) >= 11 is 0. The van der Waals surface area contributed by atoms with E-state index in [1.165, 1.54) is 51.4 Å². The third kappa shape index (κ3) is 5.46. The normalized spacial score (nSPS) is 37.0. The van der Waals surface area contributed by atoms with Gasteiger partial charge < -0.3 is 9.47 Å². The molecule has 0 aromatic heterocycles. The Balaban J connectivity index is 1.19. The SMILES string of the molecule is CC(C)CCC[C@@H](C)[C@H]1CC[C@@H]2[C@H]3CC=C4C[C@@H](OC(=O)OCc5ccccc5)CC[C@]4(C)[C@@H]3CC[C@@]21C. The fourth-order valence-corrected chi connectivity index (χ4v) is 9.64. The molecule has 210 valence electrons. The molecule has 0 amide bonds. The molecule has 1 aromatic rings. The summed E-state index contributed by atoms with van der Waals surface area (Å²) in [6.45, 7) is 12.8. The Kier molecular flexibility index (Phi) is 8.32. The average molecular weight is 521 g/mol. The zero-order chi connectivity index (χ0) is 26.9. The second kappa shape index (κ2) is 11.4. The van der Waals surface area contributed by atoms with Crippen LogP contribution in [0.4, 0.5) is 4.79 Å². The number of benzene rings is 1. The molecule has 3 fully saturated rings. The number of carbonyl (C=O) groups is 1. The van der Waals surface area contributed by atoms with Crippen LogP contribution in [0.25, 0.3) is 0 Å². The highest BCUT2D eigenvalue weighted by Gasteiger charge is 2.59. The van der Waals surface area contributed by atoms with Crippen LogP contribution in [0.1, 0.15) is 111 Å². The van der Waals surface area contributed by atoms with Gasteiger partial charge in [-0.2, -0.15) is 0 Å². The molecule has 0 heterocycles. The summed E-state index contributed by atoms with van der Waals surface area (Å²) in [6, 6.07) is 9.83. The lowest BCUT2D eigenvalue weighted by molar-refractivity contribution is -0.0620. The lowest BCUT2D eigenvalue weighted by atomic mass is 9.47. The molecule has 0 radical (unpaired) electrons. The lowest BCUT2D eigenvalue weighted by Gasteiger charge is -2.58. The summed E-state index contributed by atoms with van der Waals surface area (Å²) in [7, 11) is 0. The molecule has 8 atom stereocenters. The van der Waals surface area contributed by atoms with Gasteiger partial charge in [0.2, 0.25) is 0 Å². The van der Waals surface area contributed by atoms with Gasteiger partial charge in [-0.15, -0.1) is 0 Å². The highest BCUT2D eigenvalue weighted by Crippen LogP contribution is 2.67. The molecule has 0 N–H and O–H groups in total. The van der Waals surface area contributed by atoms with E-state index < -0.39 is 6.16 Å². The fourth-order valence-electron chi connectivity index (χ4n) is 9.64. The predicted octanol–water partition coefficient (Wildman–Crippen LogP) is 9.75. The molecule has 38 heavy (non-hydrogen) atoms. The van der Waals surface area contributed by atoms with Gasteiger partial charge >= 0.3 is 6.16 Å². The molecule has 0 bridgehead atoms. The van der Waals surface area contributed by atoms with E-state index in [0.29, 0.717) is 5.41 Å². The highest BCUT2D eigenvalue weighted by atomic mass is 16.7. The van der Waals surface area contributed by atoms with Crippen molar-refractivity contribution >= 4 is 6.16 Å². The molecule has 3 nitrogen and oxygen atoms in total. The standard InChI is InChI=1S/C35H52O3/c1-24(2)10-9-11-25(3)30-16-17-31-29-15-14-27-22-28(38-33(36)37-23-26-12-7-6-8-13-26)18-20-34(27,4)32(29)19-21-35(30,31)5/h6-8,12-14,24-25,28-32H,9-11,15-23H2,1-5H3/t25-,28+,29-,30-,31-,32-,34+,35-/m1/s1. The van der Waals surface area contributed by atoms with Gasteiger partial charge in [0.05, 0.1) is 0 Å². The Morgan fingerprint density at radius 1 is 0.974 bits per heavy atom. The molecule has 4 aliphatic carbocycles. The van der Waals surface area contributed by atoms with Crippen LogP contribution in [0.3, 0.4) is 0 Å². The van der Waals surface area contributed by atoms with E-state index in [1.54, 1.807) is 5.57 Å². The Hall–Kier alpha value is -1.77. The third-order valence-electron chi connectivity index (χ3n) is 11.7. The summed E-state index contributed by atoms with van der Waals surface area (Å²) in [5.74, 6) is 5.11. The Labute approximate surface area is 232 Å². The van der Waals surface area contributed by atoms with Gasteiger partial charge in [-0.3, -0.25) is 0 Å². The van der Waals surface area contributed by atoms with Crippen molar-refractivity contribution in [1.29, 1.82) is 0 Å². The van der Waals surface area contributed by atoms with Crippen molar-refractivity contribution in [2.45, 2.75) is 118 Å². The molecule has 0 spiro atoms. The number of hydrogen-bond acceptors (Lipinski definition) is 3. The number of ether oxygens (including phenoxy) is 2. The van der Waals surface area contributed by atoms with Crippen molar-refractivity contribution in [2.75, 3.05) is 0 Å². The Bertz CT molecular complexity index is 982. The maximum atomic E-state index is 12.4. The maximum absolute atomic E-state index is 12.4. The van der Waals surface area contributed by atoms with Crippen molar-refractivity contribution in [1.82, 2.24) is 0 Å². The van der Waals surface area contributed by atoms with Gasteiger partial charge in [0.1, 0.15) is 12.7 Å². The van der Waals surface area contributed by atoms with Crippen molar-refractivity contribution in [3.63, 3.8) is 0 Å². The molecule has 0 aliphatic heterocycles. The number of fused-ring (bicyclic) bond motifs is 5. The second-order valence-electron chi connectivity index (χ2n) is 14.3. The highest BCUT2D eigenvalue weighted by molar-refractivity contribution is 5.60. The average Bonchev–Trinajstić information content (AvgIpc) is 3.25. The van der Waals surface area contributed by atoms with Crippen LogP contribution in [0, 0.1) is 46.3 Å². The first-order chi connectivity index (χ1) is 18.2. The van der Waals surface area contributed by atoms with Crippen molar-refractivity contribution < 1.29 is 14.3 Å². The van der Waals surface area contributed by atoms with Crippen molar-refractivity contribution in [3.05, 3.63) is 47.5 Å². The smallest absolute Gasteiger partial charge is 0.431 e. The van der Waals surface area contributed by atoms with Crippen molar-refractivity contribution in [3.8, 4) is 0 Å². The van der Waals surface area contributed by atoms with Crippen LogP contribution in [0.15, 0.2) is 42.0 Å². The van der Waals surface area contributed by atoms with Gasteiger partial charge in [0, 0.05) is 6.42 Å². The third-order valence-corrected chi connectivity index (χ3v) is 11.7. The minimum atomic E-state index is -0.523. The monoisotopic (exact) mass is 520 g/mol. The lowest BCUT2D eigenvalue weighted by Crippen LogP contribution is -2.51. The Morgan fingerprint density at radius 2 is 1.76 bits per heavy atom. The number of rotatable bonds is 8. The van der Waals surface area contributed by atoms with Crippen LogP contribution < -0.4 is 0 Å². The largest absolute Gasteiger partial charge is 0.508 e. The first-order valence-corrected chi connectivity index (χ1v) is 15.8. The molecule has 3 saturated carbocycles. The number of carbonyl (C=O) groups excluding carboxylic acids is 1. The quantitative estimate of drug-likeness (QED) is 0.253. The molecule has 0 saturated heterocycles. The van der Waals surface area contributed by atoms with E-state index in [-0.39, 0.29) is 18.1 Å². The van der Waals surface area contributed by atoms with Crippen LogP contribution in [-0.4, -0.2) is 12.3 Å².